The Hall–Kier alpha value is -0.780. The van der Waals surface area contributed by atoms with Crippen molar-refractivity contribution >= 4 is 0 Å². The minimum Gasteiger partial charge on any atom is -0.0654 e. The van der Waals surface area contributed by atoms with Crippen molar-refractivity contribution in [1.29, 1.82) is 0 Å². The summed E-state index contributed by atoms with van der Waals surface area (Å²) in [7, 11) is 0. The monoisotopic (exact) mass is 418 g/mol. The molecule has 0 saturated heterocycles. The smallest absolute Gasteiger partial charge is 0.0533 e. The molecule has 0 bridgehead atoms. The predicted molar refractivity (Wildman–Crippen MR) is 141 cm³/mol. The largest absolute Gasteiger partial charge is 0.0654 e. The van der Waals surface area contributed by atoms with Crippen molar-refractivity contribution in [2.24, 2.45) is 0 Å². The van der Waals surface area contributed by atoms with Crippen molar-refractivity contribution in [3.05, 3.63) is 36.4 Å². The maximum Gasteiger partial charge on any atom is -0.0533 e. The van der Waals surface area contributed by atoms with Gasteiger partial charge in [-0.25, -0.2) is 0 Å². The third kappa shape index (κ3) is 34.7. The molecule has 0 radical (unpaired) electrons. The Balaban J connectivity index is 0. The second-order valence-corrected chi connectivity index (χ2v) is 8.81. The average molecular weight is 419 g/mol. The van der Waals surface area contributed by atoms with Gasteiger partial charge in [-0.2, -0.15) is 0 Å². The number of benzene rings is 1. The molecule has 2 fully saturated rings. The molecule has 0 aromatic heterocycles. The third-order valence-corrected chi connectivity index (χ3v) is 5.58. The molecule has 0 unspecified atom stereocenters. The van der Waals surface area contributed by atoms with Crippen LogP contribution in [0.5, 0.6) is 0 Å². The van der Waals surface area contributed by atoms with Gasteiger partial charge < -0.3 is 0 Å². The number of rotatable bonds is 6. The highest BCUT2D eigenvalue weighted by molar-refractivity contribution is 4.99. The first-order valence-corrected chi connectivity index (χ1v) is 13.8. The number of hydrogen-bond donors (Lipinski definition) is 0. The highest BCUT2D eigenvalue weighted by atomic mass is 14.0. The molecule has 0 spiro atoms. The SMILES string of the molecule is C1CCCCC1.C1CCCCC1.CCCCCC.CCCCCC.c1ccccc1. The summed E-state index contributed by atoms with van der Waals surface area (Å²) in [4.78, 5) is 0. The fraction of sp³-hybridized carbons (Fsp3) is 0.800. The van der Waals surface area contributed by atoms with Gasteiger partial charge in [0.15, 0.2) is 0 Å². The van der Waals surface area contributed by atoms with Crippen LogP contribution < -0.4 is 0 Å². The molecule has 0 N–H and O–H groups in total. The van der Waals surface area contributed by atoms with Crippen LogP contribution in [0.1, 0.15) is 156 Å². The van der Waals surface area contributed by atoms with Crippen LogP contribution in [0, 0.1) is 0 Å². The van der Waals surface area contributed by atoms with Crippen molar-refractivity contribution in [2.75, 3.05) is 0 Å². The molecule has 0 amide bonds. The van der Waals surface area contributed by atoms with E-state index in [1.165, 1.54) is 128 Å². The molecule has 178 valence electrons. The molecule has 0 heteroatoms. The molecule has 1 aromatic carbocycles. The van der Waals surface area contributed by atoms with Crippen LogP contribution in [-0.2, 0) is 0 Å². The van der Waals surface area contributed by atoms with Gasteiger partial charge in [-0.3, -0.25) is 0 Å². The van der Waals surface area contributed by atoms with Gasteiger partial charge in [0.2, 0.25) is 0 Å². The lowest BCUT2D eigenvalue weighted by atomic mass is 10.0. The lowest BCUT2D eigenvalue weighted by molar-refractivity contribution is 0.504. The van der Waals surface area contributed by atoms with Gasteiger partial charge in [0.25, 0.3) is 0 Å². The van der Waals surface area contributed by atoms with Crippen molar-refractivity contribution in [1.82, 2.24) is 0 Å². The lowest BCUT2D eigenvalue weighted by Gasteiger charge is -2.05. The standard InChI is InChI=1S/2C6H12.C6H6.2C6H14/c3*1-2-4-6-5-3-1;2*1-3-5-6-4-2/h2*1-6H2;1-6H;2*3-6H2,1-2H3. The van der Waals surface area contributed by atoms with E-state index in [1.54, 1.807) is 0 Å². The zero-order valence-corrected chi connectivity index (χ0v) is 21.6. The first-order valence-electron chi connectivity index (χ1n) is 13.8. The van der Waals surface area contributed by atoms with Crippen molar-refractivity contribution in [3.63, 3.8) is 0 Å². The Kier molecular flexibility index (Phi) is 34.4. The molecule has 2 aliphatic rings. The lowest BCUT2D eigenvalue weighted by Crippen LogP contribution is -1.85. The van der Waals surface area contributed by atoms with Gasteiger partial charge in [-0.15, -0.1) is 0 Å². The Bertz CT molecular complexity index is 257. The maximum absolute atomic E-state index is 2.23. The van der Waals surface area contributed by atoms with E-state index in [9.17, 15) is 0 Å². The van der Waals surface area contributed by atoms with Gasteiger partial charge in [0, 0.05) is 0 Å². The minimum absolute atomic E-state index is 1.36. The second-order valence-electron chi connectivity index (χ2n) is 8.81. The normalized spacial score (nSPS) is 14.8. The van der Waals surface area contributed by atoms with Gasteiger partial charge in [-0.05, 0) is 0 Å². The Morgan fingerprint density at radius 2 is 0.433 bits per heavy atom. The molecule has 0 nitrogen and oxygen atoms in total. The summed E-state index contributed by atoms with van der Waals surface area (Å²) >= 11 is 0. The first kappa shape index (κ1) is 31.4. The van der Waals surface area contributed by atoms with E-state index in [0.717, 1.165) is 0 Å². The quantitative estimate of drug-likeness (QED) is 0.403. The van der Waals surface area contributed by atoms with Crippen LogP contribution in [0.2, 0.25) is 0 Å². The first-order chi connectivity index (χ1) is 14.8. The Morgan fingerprint density at radius 1 is 0.300 bits per heavy atom. The zero-order chi connectivity index (χ0) is 22.4. The molecule has 1 aromatic rings. The predicted octanol–water partition coefficient (Wildman–Crippen LogP) is 11.5. The van der Waals surface area contributed by atoms with E-state index in [2.05, 4.69) is 27.7 Å². The van der Waals surface area contributed by atoms with Crippen LogP contribution in [0.4, 0.5) is 0 Å². The van der Waals surface area contributed by atoms with Crippen molar-refractivity contribution in [3.8, 4) is 0 Å². The van der Waals surface area contributed by atoms with Crippen LogP contribution in [0.15, 0.2) is 36.4 Å². The number of hydrogen-bond acceptors (Lipinski definition) is 0. The summed E-state index contributed by atoms with van der Waals surface area (Å²) in [5, 5.41) is 0. The molecule has 30 heavy (non-hydrogen) atoms. The molecule has 2 aliphatic carbocycles. The molecule has 0 aliphatic heterocycles. The highest BCUT2D eigenvalue weighted by Crippen LogP contribution is 2.15. The van der Waals surface area contributed by atoms with Gasteiger partial charge in [0.1, 0.15) is 0 Å². The van der Waals surface area contributed by atoms with Gasteiger partial charge in [-0.1, -0.05) is 193 Å². The molecular formula is C30H58. The molecule has 0 atom stereocenters. The molecule has 0 heterocycles. The van der Waals surface area contributed by atoms with E-state index in [4.69, 9.17) is 0 Å². The molecule has 2 saturated carbocycles. The van der Waals surface area contributed by atoms with Crippen LogP contribution >= 0.6 is 0 Å². The van der Waals surface area contributed by atoms with Crippen molar-refractivity contribution < 1.29 is 0 Å². The van der Waals surface area contributed by atoms with E-state index < -0.39 is 0 Å². The summed E-state index contributed by atoms with van der Waals surface area (Å²) in [6, 6.07) is 12.0. The van der Waals surface area contributed by atoms with Gasteiger partial charge >= 0.3 is 0 Å². The van der Waals surface area contributed by atoms with Crippen molar-refractivity contribution in [2.45, 2.75) is 156 Å². The fourth-order valence-corrected chi connectivity index (χ4v) is 3.51. The van der Waals surface area contributed by atoms with E-state index >= 15 is 0 Å². The molecule has 3 rings (SSSR count). The topological polar surface area (TPSA) is 0 Å². The number of unbranched alkanes of at least 4 members (excludes halogenated alkanes) is 6. The maximum atomic E-state index is 2.23. The van der Waals surface area contributed by atoms with Crippen LogP contribution in [-0.4, -0.2) is 0 Å². The fourth-order valence-electron chi connectivity index (χ4n) is 3.51. The summed E-state index contributed by atoms with van der Waals surface area (Å²) in [6.45, 7) is 8.93. The molecular weight excluding hydrogens is 360 g/mol. The van der Waals surface area contributed by atoms with Crippen LogP contribution in [0.25, 0.3) is 0 Å². The summed E-state index contributed by atoms with van der Waals surface area (Å²) < 4.78 is 0. The summed E-state index contributed by atoms with van der Waals surface area (Å²) in [6.07, 6.45) is 29.1. The summed E-state index contributed by atoms with van der Waals surface area (Å²) in [5.41, 5.74) is 0. The zero-order valence-electron chi connectivity index (χ0n) is 21.6. The minimum atomic E-state index is 1.36. The Labute approximate surface area is 192 Å². The van der Waals surface area contributed by atoms with E-state index in [0.29, 0.717) is 0 Å². The average Bonchev–Trinajstić information content (AvgIpc) is 2.86. The Morgan fingerprint density at radius 3 is 0.533 bits per heavy atom. The second kappa shape index (κ2) is 32.9. The summed E-state index contributed by atoms with van der Waals surface area (Å²) in [5.74, 6) is 0. The van der Waals surface area contributed by atoms with Crippen LogP contribution in [0.3, 0.4) is 0 Å². The van der Waals surface area contributed by atoms with Gasteiger partial charge in [0.05, 0.1) is 0 Å². The van der Waals surface area contributed by atoms with E-state index in [-0.39, 0.29) is 0 Å². The third-order valence-electron chi connectivity index (χ3n) is 5.58. The van der Waals surface area contributed by atoms with E-state index in [1.807, 2.05) is 36.4 Å². The highest BCUT2D eigenvalue weighted by Gasteiger charge is 1.96.